The van der Waals surface area contributed by atoms with Gasteiger partial charge >= 0.3 is 5.97 Å². The summed E-state index contributed by atoms with van der Waals surface area (Å²) in [5, 5.41) is 11.2. The number of pyridine rings is 1. The first-order valence-corrected chi connectivity index (χ1v) is 6.61. The maximum atomic E-state index is 12.0. The molecule has 0 saturated heterocycles. The Morgan fingerprint density at radius 1 is 1.35 bits per heavy atom. The zero-order valence-electron chi connectivity index (χ0n) is 10.7. The molecule has 0 spiro atoms. The van der Waals surface area contributed by atoms with E-state index < -0.39 is 5.97 Å². The lowest BCUT2D eigenvalue weighted by Crippen LogP contribution is -2.11. The van der Waals surface area contributed by atoms with Crippen LogP contribution in [0.1, 0.15) is 20.1 Å². The molecule has 0 radical (unpaired) electrons. The minimum atomic E-state index is -1.03. The number of aliphatic carboxylic acids is 1. The van der Waals surface area contributed by atoms with Gasteiger partial charge in [0.05, 0.1) is 4.88 Å². The number of carboxylic acids is 1. The number of hydrogen-bond donors (Lipinski definition) is 2. The van der Waals surface area contributed by atoms with Gasteiger partial charge in [0.2, 0.25) is 0 Å². The van der Waals surface area contributed by atoms with Gasteiger partial charge in [0.15, 0.2) is 0 Å². The maximum Gasteiger partial charge on any atom is 0.328 e. The van der Waals surface area contributed by atoms with Gasteiger partial charge in [-0.25, -0.2) is 9.78 Å². The highest BCUT2D eigenvalue weighted by Crippen LogP contribution is 2.17. The van der Waals surface area contributed by atoms with Gasteiger partial charge < -0.3 is 10.4 Å². The zero-order chi connectivity index (χ0) is 14.5. The number of thiophene rings is 1. The van der Waals surface area contributed by atoms with Crippen molar-refractivity contribution in [2.45, 2.75) is 6.92 Å². The number of aromatic nitrogens is 1. The molecule has 2 aromatic heterocycles. The number of carbonyl (C=O) groups is 2. The number of hydrogen-bond acceptors (Lipinski definition) is 4. The molecule has 2 aromatic rings. The molecule has 6 heteroatoms. The van der Waals surface area contributed by atoms with Crippen LogP contribution in [0.25, 0.3) is 6.08 Å². The number of amides is 1. The van der Waals surface area contributed by atoms with E-state index in [-0.39, 0.29) is 5.91 Å². The molecule has 0 atom stereocenters. The van der Waals surface area contributed by atoms with Crippen molar-refractivity contribution >= 4 is 35.1 Å². The van der Waals surface area contributed by atoms with Crippen LogP contribution in [0.5, 0.6) is 0 Å². The average Bonchev–Trinajstić information content (AvgIpc) is 2.84. The number of anilines is 1. The van der Waals surface area contributed by atoms with Crippen LogP contribution >= 0.6 is 11.3 Å². The van der Waals surface area contributed by atoms with E-state index in [1.165, 1.54) is 23.6 Å². The van der Waals surface area contributed by atoms with Crippen molar-refractivity contribution in [1.82, 2.24) is 4.98 Å². The first-order valence-electron chi connectivity index (χ1n) is 5.79. The smallest absolute Gasteiger partial charge is 0.328 e. The maximum absolute atomic E-state index is 12.0. The summed E-state index contributed by atoms with van der Waals surface area (Å²) in [6.07, 6.45) is 3.98. The Morgan fingerprint density at radius 3 is 2.80 bits per heavy atom. The number of aryl methyl sites for hydroxylation is 1. The number of rotatable bonds is 4. The molecule has 0 aliphatic carbocycles. The van der Waals surface area contributed by atoms with Gasteiger partial charge in [-0.2, -0.15) is 0 Å². The predicted octanol–water partition coefficient (Wildman–Crippen LogP) is 2.80. The van der Waals surface area contributed by atoms with Crippen LogP contribution in [0.2, 0.25) is 0 Å². The average molecular weight is 288 g/mol. The van der Waals surface area contributed by atoms with Crippen molar-refractivity contribution in [3.05, 3.63) is 51.9 Å². The quantitative estimate of drug-likeness (QED) is 0.848. The molecule has 2 heterocycles. The Kier molecular flexibility index (Phi) is 4.27. The van der Waals surface area contributed by atoms with Gasteiger partial charge in [0, 0.05) is 17.2 Å². The highest BCUT2D eigenvalue weighted by Gasteiger charge is 2.08. The molecule has 0 bridgehead atoms. The number of carboxylic acid groups (broad SMARTS) is 1. The third kappa shape index (κ3) is 3.76. The van der Waals surface area contributed by atoms with Crippen LogP contribution < -0.4 is 5.32 Å². The molecule has 0 aromatic carbocycles. The van der Waals surface area contributed by atoms with Gasteiger partial charge in [-0.15, -0.1) is 11.3 Å². The number of carbonyl (C=O) groups excluding carboxylic acids is 1. The molecule has 0 fully saturated rings. The molecule has 2 N–H and O–H groups in total. The summed E-state index contributed by atoms with van der Waals surface area (Å²) < 4.78 is 0. The van der Waals surface area contributed by atoms with E-state index in [9.17, 15) is 9.59 Å². The normalized spacial score (nSPS) is 10.7. The fourth-order valence-electron chi connectivity index (χ4n) is 1.52. The van der Waals surface area contributed by atoms with Crippen LogP contribution in [0, 0.1) is 6.92 Å². The molecule has 0 aliphatic rings. The molecule has 0 saturated carbocycles. The van der Waals surface area contributed by atoms with E-state index in [2.05, 4.69) is 10.3 Å². The summed E-state index contributed by atoms with van der Waals surface area (Å²) in [7, 11) is 0. The SMILES string of the molecule is Cc1ccc(C(=O)Nc2cc(/C=C/C(=O)O)ccn2)s1. The van der Waals surface area contributed by atoms with E-state index >= 15 is 0 Å². The molecular weight excluding hydrogens is 276 g/mol. The molecular formula is C14H12N2O3S. The number of nitrogens with one attached hydrogen (secondary N) is 1. The Hall–Kier alpha value is -2.47. The van der Waals surface area contributed by atoms with Gasteiger partial charge in [-0.3, -0.25) is 4.79 Å². The van der Waals surface area contributed by atoms with E-state index in [1.54, 1.807) is 18.2 Å². The van der Waals surface area contributed by atoms with Gasteiger partial charge in [-0.1, -0.05) is 0 Å². The fourth-order valence-corrected chi connectivity index (χ4v) is 2.28. The van der Waals surface area contributed by atoms with Crippen LogP contribution in [-0.4, -0.2) is 22.0 Å². The van der Waals surface area contributed by atoms with Crippen LogP contribution in [0.3, 0.4) is 0 Å². The van der Waals surface area contributed by atoms with Crippen LogP contribution in [0.15, 0.2) is 36.5 Å². The van der Waals surface area contributed by atoms with Crippen LogP contribution in [0.4, 0.5) is 5.82 Å². The van der Waals surface area contributed by atoms with E-state index in [4.69, 9.17) is 5.11 Å². The summed E-state index contributed by atoms with van der Waals surface area (Å²) in [5.74, 6) is -0.870. The molecule has 20 heavy (non-hydrogen) atoms. The lowest BCUT2D eigenvalue weighted by Gasteiger charge is -2.03. The summed E-state index contributed by atoms with van der Waals surface area (Å²) in [4.78, 5) is 28.1. The molecule has 1 amide bonds. The third-order valence-corrected chi connectivity index (χ3v) is 3.41. The molecule has 2 rings (SSSR count). The van der Waals surface area contributed by atoms with Gasteiger partial charge in [0.25, 0.3) is 5.91 Å². The number of nitrogens with zero attached hydrogens (tertiary/aromatic N) is 1. The second-order valence-electron chi connectivity index (χ2n) is 4.01. The highest BCUT2D eigenvalue weighted by atomic mass is 32.1. The molecule has 5 nitrogen and oxygen atoms in total. The van der Waals surface area contributed by atoms with Crippen molar-refractivity contribution < 1.29 is 14.7 Å². The molecule has 102 valence electrons. The Balaban J connectivity index is 2.11. The van der Waals surface area contributed by atoms with E-state index in [1.807, 2.05) is 13.0 Å². The Bertz CT molecular complexity index is 677. The lowest BCUT2D eigenvalue weighted by atomic mass is 10.2. The minimum Gasteiger partial charge on any atom is -0.478 e. The standard InChI is InChI=1S/C14H12N2O3S/c1-9-2-4-11(20-9)14(19)16-12-8-10(6-7-15-12)3-5-13(17)18/h2-8H,1H3,(H,17,18)(H,15,16,19)/b5-3+. The molecule has 0 unspecified atom stereocenters. The highest BCUT2D eigenvalue weighted by molar-refractivity contribution is 7.14. The topological polar surface area (TPSA) is 79.3 Å². The summed E-state index contributed by atoms with van der Waals surface area (Å²) in [5.41, 5.74) is 0.653. The monoisotopic (exact) mass is 288 g/mol. The molecule has 0 aliphatic heterocycles. The summed E-state index contributed by atoms with van der Waals surface area (Å²) >= 11 is 1.40. The second-order valence-corrected chi connectivity index (χ2v) is 5.30. The van der Waals surface area contributed by atoms with Crippen LogP contribution in [-0.2, 0) is 4.79 Å². The third-order valence-electron chi connectivity index (χ3n) is 2.41. The first-order chi connectivity index (χ1) is 9.54. The van der Waals surface area contributed by atoms with Crippen molar-refractivity contribution in [2.24, 2.45) is 0 Å². The van der Waals surface area contributed by atoms with Gasteiger partial charge in [-0.05, 0) is 42.8 Å². The second kappa shape index (κ2) is 6.12. The van der Waals surface area contributed by atoms with Crippen molar-refractivity contribution in [3.63, 3.8) is 0 Å². The van der Waals surface area contributed by atoms with E-state index in [0.717, 1.165) is 11.0 Å². The van der Waals surface area contributed by atoms with E-state index in [0.29, 0.717) is 16.3 Å². The van der Waals surface area contributed by atoms with Gasteiger partial charge in [0.1, 0.15) is 5.82 Å². The Morgan fingerprint density at radius 2 is 2.15 bits per heavy atom. The van der Waals surface area contributed by atoms with Crippen molar-refractivity contribution in [2.75, 3.05) is 5.32 Å². The summed E-state index contributed by atoms with van der Waals surface area (Å²) in [6, 6.07) is 6.89. The lowest BCUT2D eigenvalue weighted by molar-refractivity contribution is -0.131. The summed E-state index contributed by atoms with van der Waals surface area (Å²) in [6.45, 7) is 1.93. The minimum absolute atomic E-state index is 0.227. The van der Waals surface area contributed by atoms with Crippen molar-refractivity contribution in [3.8, 4) is 0 Å². The van der Waals surface area contributed by atoms with Crippen molar-refractivity contribution in [1.29, 1.82) is 0 Å². The first kappa shape index (κ1) is 14.0. The fraction of sp³-hybridized carbons (Fsp3) is 0.0714. The Labute approximate surface area is 119 Å². The largest absolute Gasteiger partial charge is 0.478 e. The predicted molar refractivity (Wildman–Crippen MR) is 77.9 cm³/mol. The zero-order valence-corrected chi connectivity index (χ0v) is 11.5.